The van der Waals surface area contributed by atoms with Crippen molar-refractivity contribution in [3.05, 3.63) is 23.3 Å². The van der Waals surface area contributed by atoms with Crippen molar-refractivity contribution in [2.45, 2.75) is 13.0 Å². The second-order valence-corrected chi connectivity index (χ2v) is 2.75. The molecular formula is C8H4F5NO3. The third-order valence-corrected chi connectivity index (χ3v) is 1.64. The lowest BCUT2D eigenvalue weighted by molar-refractivity contribution is -0.275. The van der Waals surface area contributed by atoms with Crippen molar-refractivity contribution in [1.82, 2.24) is 4.98 Å². The van der Waals surface area contributed by atoms with Crippen molar-refractivity contribution in [2.75, 3.05) is 0 Å². The monoisotopic (exact) mass is 257 g/mol. The summed E-state index contributed by atoms with van der Waals surface area (Å²) in [6.07, 6.45) is -4.97. The van der Waals surface area contributed by atoms with E-state index in [4.69, 9.17) is 5.11 Å². The summed E-state index contributed by atoms with van der Waals surface area (Å²) in [5.41, 5.74) is -2.36. The molecule has 1 heterocycles. The van der Waals surface area contributed by atoms with Crippen molar-refractivity contribution in [2.24, 2.45) is 0 Å². The zero-order valence-electron chi connectivity index (χ0n) is 7.89. The fourth-order valence-corrected chi connectivity index (χ4v) is 1.01. The molecule has 0 unspecified atom stereocenters. The van der Waals surface area contributed by atoms with Crippen LogP contribution in [0, 0.1) is 5.82 Å². The highest BCUT2D eigenvalue weighted by molar-refractivity contribution is 5.89. The van der Waals surface area contributed by atoms with E-state index in [0.29, 0.717) is 6.20 Å². The number of alkyl halides is 4. The molecular weight excluding hydrogens is 253 g/mol. The standard InChI is InChI=1S/C8H4F5NO3/c9-1-3-4(10)2-14-5(7(15)16)6(3)17-8(11,12)13/h2H,1H2,(H,15,16). The second kappa shape index (κ2) is 4.52. The molecule has 0 fully saturated rings. The van der Waals surface area contributed by atoms with Gasteiger partial charge >= 0.3 is 12.3 Å². The van der Waals surface area contributed by atoms with E-state index in [-0.39, 0.29) is 0 Å². The molecule has 0 spiro atoms. The molecule has 4 nitrogen and oxygen atoms in total. The van der Waals surface area contributed by atoms with Gasteiger partial charge in [0.25, 0.3) is 0 Å². The number of aromatic carboxylic acids is 1. The number of nitrogens with zero attached hydrogens (tertiary/aromatic N) is 1. The van der Waals surface area contributed by atoms with Crippen LogP contribution in [0.15, 0.2) is 6.20 Å². The summed E-state index contributed by atoms with van der Waals surface area (Å²) in [6, 6.07) is 0. The third-order valence-electron chi connectivity index (χ3n) is 1.64. The smallest absolute Gasteiger partial charge is 0.476 e. The highest BCUT2D eigenvalue weighted by Crippen LogP contribution is 2.31. The van der Waals surface area contributed by atoms with Crippen LogP contribution in [-0.2, 0) is 6.67 Å². The first-order valence-electron chi connectivity index (χ1n) is 3.98. The predicted octanol–water partition coefficient (Wildman–Crippen LogP) is 2.29. The van der Waals surface area contributed by atoms with Gasteiger partial charge in [0.1, 0.15) is 6.67 Å². The highest BCUT2D eigenvalue weighted by atomic mass is 19.4. The first-order valence-corrected chi connectivity index (χ1v) is 3.98. The lowest BCUT2D eigenvalue weighted by Gasteiger charge is -2.13. The Kier molecular flexibility index (Phi) is 3.49. The van der Waals surface area contributed by atoms with Crippen LogP contribution < -0.4 is 4.74 Å². The van der Waals surface area contributed by atoms with Crippen molar-refractivity contribution >= 4 is 5.97 Å². The van der Waals surface area contributed by atoms with E-state index in [9.17, 15) is 26.7 Å². The fourth-order valence-electron chi connectivity index (χ4n) is 1.01. The van der Waals surface area contributed by atoms with Gasteiger partial charge in [0, 0.05) is 0 Å². The molecule has 0 atom stereocenters. The number of carboxylic acid groups (broad SMARTS) is 1. The van der Waals surface area contributed by atoms with Crippen LogP contribution in [0.25, 0.3) is 0 Å². The quantitative estimate of drug-likeness (QED) is 0.844. The summed E-state index contributed by atoms with van der Waals surface area (Å²) in [5.74, 6) is -4.79. The van der Waals surface area contributed by atoms with Crippen molar-refractivity contribution in [3.63, 3.8) is 0 Å². The van der Waals surface area contributed by atoms with Crippen LogP contribution in [-0.4, -0.2) is 22.4 Å². The van der Waals surface area contributed by atoms with Crippen molar-refractivity contribution in [1.29, 1.82) is 0 Å². The third kappa shape index (κ3) is 3.02. The molecule has 94 valence electrons. The van der Waals surface area contributed by atoms with E-state index in [1.807, 2.05) is 0 Å². The highest BCUT2D eigenvalue weighted by Gasteiger charge is 2.35. The zero-order chi connectivity index (χ0) is 13.2. The number of carbonyl (C=O) groups is 1. The molecule has 1 aromatic heterocycles. The number of halogens is 5. The van der Waals surface area contributed by atoms with E-state index in [2.05, 4.69) is 9.72 Å². The minimum Gasteiger partial charge on any atom is -0.476 e. The Balaban J connectivity index is 3.39. The molecule has 1 rings (SSSR count). The molecule has 0 radical (unpaired) electrons. The SMILES string of the molecule is O=C(O)c1ncc(F)c(CF)c1OC(F)(F)F. The van der Waals surface area contributed by atoms with Gasteiger partial charge in [-0.15, -0.1) is 13.2 Å². The topological polar surface area (TPSA) is 59.4 Å². The number of aromatic nitrogens is 1. The van der Waals surface area contributed by atoms with Crippen molar-refractivity contribution in [3.8, 4) is 5.75 Å². The summed E-state index contributed by atoms with van der Waals surface area (Å²) >= 11 is 0. The Morgan fingerprint density at radius 1 is 1.47 bits per heavy atom. The van der Waals surface area contributed by atoms with Gasteiger partial charge in [0.2, 0.25) is 0 Å². The van der Waals surface area contributed by atoms with Gasteiger partial charge in [-0.3, -0.25) is 0 Å². The number of hydrogen-bond donors (Lipinski definition) is 1. The Bertz CT molecular complexity index is 446. The molecule has 1 aromatic rings. The Morgan fingerprint density at radius 3 is 2.47 bits per heavy atom. The Hall–Kier alpha value is -1.93. The van der Waals surface area contributed by atoms with Crippen LogP contribution in [0.5, 0.6) is 5.75 Å². The summed E-state index contributed by atoms with van der Waals surface area (Å²) in [5, 5.41) is 8.52. The fraction of sp³-hybridized carbons (Fsp3) is 0.250. The lowest BCUT2D eigenvalue weighted by atomic mass is 10.2. The van der Waals surface area contributed by atoms with Gasteiger partial charge in [-0.25, -0.2) is 18.6 Å². The van der Waals surface area contributed by atoms with E-state index in [0.717, 1.165) is 0 Å². The van der Waals surface area contributed by atoms with Gasteiger partial charge in [-0.05, 0) is 0 Å². The van der Waals surface area contributed by atoms with Crippen LogP contribution in [0.3, 0.4) is 0 Å². The predicted molar refractivity (Wildman–Crippen MR) is 42.6 cm³/mol. The van der Waals surface area contributed by atoms with E-state index in [1.165, 1.54) is 0 Å². The summed E-state index contributed by atoms with van der Waals surface area (Å²) < 4.78 is 64.4. The average Bonchev–Trinajstić information content (AvgIpc) is 2.15. The molecule has 0 bridgehead atoms. The van der Waals surface area contributed by atoms with Gasteiger partial charge in [-0.1, -0.05) is 0 Å². The molecule has 1 N–H and O–H groups in total. The maximum Gasteiger partial charge on any atom is 0.573 e. The Morgan fingerprint density at radius 2 is 2.06 bits per heavy atom. The first kappa shape index (κ1) is 13.1. The molecule has 0 amide bonds. The molecule has 0 aliphatic carbocycles. The summed E-state index contributed by atoms with van der Waals surface area (Å²) in [6.45, 7) is -1.65. The van der Waals surface area contributed by atoms with Crippen molar-refractivity contribution < 1.29 is 36.6 Å². The van der Waals surface area contributed by atoms with Crippen LogP contribution >= 0.6 is 0 Å². The van der Waals surface area contributed by atoms with Gasteiger partial charge in [0.05, 0.1) is 11.8 Å². The number of rotatable bonds is 3. The lowest BCUT2D eigenvalue weighted by Crippen LogP contribution is -2.21. The Labute approximate surface area is 90.6 Å². The normalized spacial score (nSPS) is 11.4. The van der Waals surface area contributed by atoms with Crippen LogP contribution in [0.2, 0.25) is 0 Å². The number of hydrogen-bond acceptors (Lipinski definition) is 3. The summed E-state index contributed by atoms with van der Waals surface area (Å²) in [7, 11) is 0. The molecule has 9 heteroatoms. The zero-order valence-corrected chi connectivity index (χ0v) is 7.89. The second-order valence-electron chi connectivity index (χ2n) is 2.75. The van der Waals surface area contributed by atoms with Crippen LogP contribution in [0.4, 0.5) is 22.0 Å². The van der Waals surface area contributed by atoms with E-state index < -0.39 is 41.8 Å². The van der Waals surface area contributed by atoms with Crippen LogP contribution in [0.1, 0.15) is 16.1 Å². The van der Waals surface area contributed by atoms with Gasteiger partial charge in [-0.2, -0.15) is 0 Å². The maximum atomic E-state index is 12.9. The molecule has 0 saturated heterocycles. The molecule has 0 aromatic carbocycles. The minimum atomic E-state index is -5.27. The first-order chi connectivity index (χ1) is 7.76. The molecule has 0 aliphatic heterocycles. The van der Waals surface area contributed by atoms with E-state index in [1.54, 1.807) is 0 Å². The number of carboxylic acids is 1. The maximum absolute atomic E-state index is 12.9. The van der Waals surface area contributed by atoms with Gasteiger partial charge < -0.3 is 9.84 Å². The largest absolute Gasteiger partial charge is 0.573 e. The average molecular weight is 257 g/mol. The minimum absolute atomic E-state index is 0.307. The number of pyridine rings is 1. The molecule has 17 heavy (non-hydrogen) atoms. The molecule has 0 saturated carbocycles. The van der Waals surface area contributed by atoms with E-state index >= 15 is 0 Å². The molecule has 0 aliphatic rings. The number of ether oxygens (including phenoxy) is 1. The van der Waals surface area contributed by atoms with Gasteiger partial charge in [0.15, 0.2) is 17.3 Å². The summed E-state index contributed by atoms with van der Waals surface area (Å²) in [4.78, 5) is 13.4.